The first-order chi connectivity index (χ1) is 8.58. The summed E-state index contributed by atoms with van der Waals surface area (Å²) in [6.45, 7) is 9.19. The molecule has 1 saturated heterocycles. The van der Waals surface area contributed by atoms with Crippen LogP contribution in [-0.2, 0) is 4.74 Å². The van der Waals surface area contributed by atoms with Crippen LogP contribution in [0.15, 0.2) is 24.3 Å². The second-order valence-electron chi connectivity index (χ2n) is 5.35. The lowest BCUT2D eigenvalue weighted by Gasteiger charge is -2.38. The van der Waals surface area contributed by atoms with Crippen molar-refractivity contribution in [2.24, 2.45) is 5.73 Å². The van der Waals surface area contributed by atoms with Crippen molar-refractivity contribution in [1.82, 2.24) is 4.90 Å². The lowest BCUT2D eigenvalue weighted by Crippen LogP contribution is -2.49. The van der Waals surface area contributed by atoms with E-state index in [-0.39, 0.29) is 6.04 Å². The summed E-state index contributed by atoms with van der Waals surface area (Å²) in [6.07, 6.45) is 0.311. The van der Waals surface area contributed by atoms with E-state index in [2.05, 4.69) is 49.9 Å². The Kier molecular flexibility index (Phi) is 4.38. The zero-order chi connectivity index (χ0) is 13.1. The van der Waals surface area contributed by atoms with Crippen LogP contribution in [0.5, 0.6) is 0 Å². The van der Waals surface area contributed by atoms with Gasteiger partial charge in [-0.1, -0.05) is 29.8 Å². The Balaban J connectivity index is 2.03. The first-order valence-corrected chi connectivity index (χ1v) is 6.75. The third kappa shape index (κ3) is 3.10. The highest BCUT2D eigenvalue weighted by molar-refractivity contribution is 5.24. The van der Waals surface area contributed by atoms with Crippen LogP contribution in [-0.4, -0.2) is 36.7 Å². The zero-order valence-electron chi connectivity index (χ0n) is 11.6. The van der Waals surface area contributed by atoms with Crippen molar-refractivity contribution in [3.05, 3.63) is 35.4 Å². The zero-order valence-corrected chi connectivity index (χ0v) is 11.6. The van der Waals surface area contributed by atoms with E-state index in [1.54, 1.807) is 0 Å². The van der Waals surface area contributed by atoms with Crippen molar-refractivity contribution in [1.29, 1.82) is 0 Å². The highest BCUT2D eigenvalue weighted by Crippen LogP contribution is 2.21. The molecule has 1 aromatic rings. The van der Waals surface area contributed by atoms with E-state index in [9.17, 15) is 0 Å². The van der Waals surface area contributed by atoms with E-state index < -0.39 is 0 Å². The molecule has 1 aromatic carbocycles. The van der Waals surface area contributed by atoms with Gasteiger partial charge < -0.3 is 10.5 Å². The Morgan fingerprint density at radius 2 is 2.00 bits per heavy atom. The van der Waals surface area contributed by atoms with Gasteiger partial charge in [0.25, 0.3) is 0 Å². The summed E-state index contributed by atoms with van der Waals surface area (Å²) in [6, 6.07) is 8.95. The number of hydrogen-bond acceptors (Lipinski definition) is 3. The van der Waals surface area contributed by atoms with Crippen molar-refractivity contribution < 1.29 is 4.74 Å². The smallest absolute Gasteiger partial charge is 0.0674 e. The average molecular weight is 248 g/mol. The van der Waals surface area contributed by atoms with Crippen LogP contribution in [0.1, 0.15) is 31.0 Å². The van der Waals surface area contributed by atoms with Gasteiger partial charge in [-0.25, -0.2) is 0 Å². The van der Waals surface area contributed by atoms with Crippen LogP contribution >= 0.6 is 0 Å². The van der Waals surface area contributed by atoms with Gasteiger partial charge in [0, 0.05) is 25.2 Å². The van der Waals surface area contributed by atoms with Gasteiger partial charge in [-0.15, -0.1) is 0 Å². The van der Waals surface area contributed by atoms with Crippen LogP contribution in [0.25, 0.3) is 0 Å². The van der Waals surface area contributed by atoms with Crippen molar-refractivity contribution in [3.63, 3.8) is 0 Å². The van der Waals surface area contributed by atoms with Gasteiger partial charge >= 0.3 is 0 Å². The van der Waals surface area contributed by atoms with Gasteiger partial charge in [0.1, 0.15) is 0 Å². The molecule has 18 heavy (non-hydrogen) atoms. The molecule has 1 aliphatic heterocycles. The first-order valence-electron chi connectivity index (χ1n) is 6.75. The standard InChI is InChI=1S/C15H24N2O/c1-11-4-6-14(7-5-11)15(16)13(3)17-8-9-18-12(2)10-17/h4-7,12-13,15H,8-10,16H2,1-3H3. The molecule has 0 saturated carbocycles. The summed E-state index contributed by atoms with van der Waals surface area (Å²) in [5.74, 6) is 0. The van der Waals surface area contributed by atoms with E-state index in [0.29, 0.717) is 12.1 Å². The van der Waals surface area contributed by atoms with Crippen LogP contribution in [0, 0.1) is 6.92 Å². The summed E-state index contributed by atoms with van der Waals surface area (Å²) in [4.78, 5) is 2.43. The molecule has 1 aliphatic rings. The molecule has 0 aliphatic carbocycles. The second-order valence-corrected chi connectivity index (χ2v) is 5.35. The monoisotopic (exact) mass is 248 g/mol. The Morgan fingerprint density at radius 1 is 1.33 bits per heavy atom. The number of nitrogens with zero attached hydrogens (tertiary/aromatic N) is 1. The van der Waals surface area contributed by atoms with E-state index in [4.69, 9.17) is 10.5 Å². The number of nitrogens with two attached hydrogens (primary N) is 1. The number of benzene rings is 1. The van der Waals surface area contributed by atoms with E-state index in [0.717, 1.165) is 19.7 Å². The largest absolute Gasteiger partial charge is 0.376 e. The molecular weight excluding hydrogens is 224 g/mol. The minimum atomic E-state index is 0.0656. The maximum Gasteiger partial charge on any atom is 0.0674 e. The van der Waals surface area contributed by atoms with Gasteiger partial charge in [-0.3, -0.25) is 4.90 Å². The molecule has 2 rings (SSSR count). The Labute approximate surface area is 110 Å². The van der Waals surface area contributed by atoms with Crippen LogP contribution < -0.4 is 5.73 Å². The van der Waals surface area contributed by atoms with Gasteiger partial charge in [0.2, 0.25) is 0 Å². The number of hydrogen-bond donors (Lipinski definition) is 1. The number of aryl methyl sites for hydroxylation is 1. The Bertz CT molecular complexity index is 377. The van der Waals surface area contributed by atoms with Gasteiger partial charge in [0.15, 0.2) is 0 Å². The van der Waals surface area contributed by atoms with E-state index in [1.807, 2.05) is 0 Å². The highest BCUT2D eigenvalue weighted by atomic mass is 16.5. The van der Waals surface area contributed by atoms with Crippen molar-refractivity contribution in [3.8, 4) is 0 Å². The molecule has 2 N–H and O–H groups in total. The normalized spacial score (nSPS) is 24.8. The molecule has 3 unspecified atom stereocenters. The van der Waals surface area contributed by atoms with Crippen LogP contribution in [0.2, 0.25) is 0 Å². The predicted molar refractivity (Wildman–Crippen MR) is 74.6 cm³/mol. The number of ether oxygens (including phenoxy) is 1. The van der Waals surface area contributed by atoms with Crippen molar-refractivity contribution in [2.75, 3.05) is 19.7 Å². The lowest BCUT2D eigenvalue weighted by molar-refractivity contribution is -0.0350. The molecule has 3 heteroatoms. The molecule has 3 atom stereocenters. The second kappa shape index (κ2) is 5.83. The molecule has 0 aromatic heterocycles. The Morgan fingerprint density at radius 3 is 2.61 bits per heavy atom. The van der Waals surface area contributed by atoms with Crippen LogP contribution in [0.4, 0.5) is 0 Å². The molecule has 0 spiro atoms. The fraction of sp³-hybridized carbons (Fsp3) is 0.600. The highest BCUT2D eigenvalue weighted by Gasteiger charge is 2.26. The molecule has 0 bridgehead atoms. The minimum absolute atomic E-state index is 0.0656. The lowest BCUT2D eigenvalue weighted by atomic mass is 9.98. The minimum Gasteiger partial charge on any atom is -0.376 e. The third-order valence-electron chi connectivity index (χ3n) is 3.83. The average Bonchev–Trinajstić information content (AvgIpc) is 2.38. The summed E-state index contributed by atoms with van der Waals surface area (Å²) < 4.78 is 5.58. The number of rotatable bonds is 3. The fourth-order valence-electron chi connectivity index (χ4n) is 2.51. The predicted octanol–water partition coefficient (Wildman–Crippen LogP) is 2.10. The maximum absolute atomic E-state index is 6.38. The molecule has 0 amide bonds. The topological polar surface area (TPSA) is 38.5 Å². The summed E-state index contributed by atoms with van der Waals surface area (Å²) in [5.41, 5.74) is 8.87. The van der Waals surface area contributed by atoms with Gasteiger partial charge in [0.05, 0.1) is 12.7 Å². The van der Waals surface area contributed by atoms with Crippen molar-refractivity contribution >= 4 is 0 Å². The summed E-state index contributed by atoms with van der Waals surface area (Å²) in [7, 11) is 0. The molecule has 100 valence electrons. The number of morpholine rings is 1. The molecule has 1 heterocycles. The summed E-state index contributed by atoms with van der Waals surface area (Å²) >= 11 is 0. The van der Waals surface area contributed by atoms with Gasteiger partial charge in [-0.05, 0) is 26.3 Å². The maximum atomic E-state index is 6.38. The molecular formula is C15H24N2O. The van der Waals surface area contributed by atoms with E-state index >= 15 is 0 Å². The van der Waals surface area contributed by atoms with Crippen LogP contribution in [0.3, 0.4) is 0 Å². The van der Waals surface area contributed by atoms with Crippen molar-refractivity contribution in [2.45, 2.75) is 39.0 Å². The quantitative estimate of drug-likeness (QED) is 0.890. The summed E-state index contributed by atoms with van der Waals surface area (Å²) in [5, 5.41) is 0. The third-order valence-corrected chi connectivity index (χ3v) is 3.83. The molecule has 3 nitrogen and oxygen atoms in total. The van der Waals surface area contributed by atoms with E-state index in [1.165, 1.54) is 11.1 Å². The fourth-order valence-corrected chi connectivity index (χ4v) is 2.51. The molecule has 0 radical (unpaired) electrons. The molecule has 1 fully saturated rings. The van der Waals surface area contributed by atoms with Gasteiger partial charge in [-0.2, -0.15) is 0 Å². The Hall–Kier alpha value is -0.900. The SMILES string of the molecule is Cc1ccc(C(N)C(C)N2CCOC(C)C2)cc1. The first kappa shape index (κ1) is 13.5.